The van der Waals surface area contributed by atoms with Gasteiger partial charge in [0, 0.05) is 19.6 Å². The summed E-state index contributed by atoms with van der Waals surface area (Å²) in [6, 6.07) is 13.4. The molecule has 3 rings (SSSR count). The van der Waals surface area contributed by atoms with E-state index in [9.17, 15) is 13.2 Å². The number of amides is 1. The predicted octanol–water partition coefficient (Wildman–Crippen LogP) is 2.52. The first-order valence-electron chi connectivity index (χ1n) is 9.07. The van der Waals surface area contributed by atoms with Gasteiger partial charge in [-0.05, 0) is 43.0 Å². The highest BCUT2D eigenvalue weighted by atomic mass is 35.5. The molecule has 1 aliphatic rings. The van der Waals surface area contributed by atoms with Crippen molar-refractivity contribution in [3.63, 3.8) is 0 Å². The molecule has 28 heavy (non-hydrogen) atoms. The Kier molecular flexibility index (Phi) is 7.60. The lowest BCUT2D eigenvalue weighted by molar-refractivity contribution is -0.122. The normalized spacial score (nSPS) is 15.6. The van der Waals surface area contributed by atoms with Gasteiger partial charge in [-0.1, -0.05) is 42.0 Å². The molecule has 1 amide bonds. The molecule has 6 nitrogen and oxygen atoms in total. The third kappa shape index (κ3) is 5.11. The summed E-state index contributed by atoms with van der Waals surface area (Å²) in [6.45, 7) is 3.43. The topological polar surface area (TPSA) is 92.5 Å². The minimum Gasteiger partial charge on any atom is -0.350 e. The van der Waals surface area contributed by atoms with Crippen molar-refractivity contribution in [2.45, 2.75) is 37.2 Å². The fourth-order valence-corrected chi connectivity index (χ4v) is 4.60. The maximum atomic E-state index is 12.5. The molecule has 0 spiro atoms. The SMILES string of the molecule is Cc1ccc(C(N)C(=O)NCc2ccc(S(=O)(=O)N3CCCC3)cc2)cc1.Cl. The van der Waals surface area contributed by atoms with E-state index in [0.29, 0.717) is 19.6 Å². The van der Waals surface area contributed by atoms with Crippen LogP contribution < -0.4 is 11.1 Å². The molecular weight excluding hydrogens is 398 g/mol. The largest absolute Gasteiger partial charge is 0.350 e. The van der Waals surface area contributed by atoms with Crippen LogP contribution in [0.25, 0.3) is 0 Å². The molecule has 2 aromatic rings. The van der Waals surface area contributed by atoms with E-state index in [1.54, 1.807) is 24.3 Å². The van der Waals surface area contributed by atoms with Gasteiger partial charge in [0.15, 0.2) is 0 Å². The number of carbonyl (C=O) groups excluding carboxylic acids is 1. The quantitative estimate of drug-likeness (QED) is 0.746. The van der Waals surface area contributed by atoms with E-state index >= 15 is 0 Å². The Hall–Kier alpha value is -1.93. The van der Waals surface area contributed by atoms with Gasteiger partial charge in [-0.25, -0.2) is 8.42 Å². The standard InChI is InChI=1S/C20H25N3O3S.ClH/c1-15-4-8-17(9-5-15)19(21)20(24)22-14-16-6-10-18(11-7-16)27(25,26)23-12-2-3-13-23;/h4-11,19H,2-3,12-14,21H2,1H3,(H,22,24);1H. The van der Waals surface area contributed by atoms with E-state index in [4.69, 9.17) is 5.73 Å². The number of rotatable bonds is 6. The number of nitrogens with two attached hydrogens (primary N) is 1. The number of carbonyl (C=O) groups is 1. The van der Waals surface area contributed by atoms with E-state index in [1.165, 1.54) is 4.31 Å². The lowest BCUT2D eigenvalue weighted by Crippen LogP contribution is -2.33. The number of hydrogen-bond donors (Lipinski definition) is 2. The molecule has 1 heterocycles. The van der Waals surface area contributed by atoms with Gasteiger partial charge >= 0.3 is 0 Å². The minimum absolute atomic E-state index is 0. The number of hydrogen-bond acceptors (Lipinski definition) is 4. The number of nitrogens with one attached hydrogen (secondary N) is 1. The number of benzene rings is 2. The predicted molar refractivity (Wildman–Crippen MR) is 112 cm³/mol. The molecule has 0 aliphatic carbocycles. The molecule has 2 aromatic carbocycles. The molecule has 3 N–H and O–H groups in total. The van der Waals surface area contributed by atoms with E-state index in [1.807, 2.05) is 31.2 Å². The first kappa shape index (κ1) is 22.4. The number of halogens is 1. The Bertz CT molecular complexity index is 893. The number of sulfonamides is 1. The van der Waals surface area contributed by atoms with Gasteiger partial charge in [-0.2, -0.15) is 4.31 Å². The molecule has 1 aliphatic heterocycles. The molecule has 8 heteroatoms. The second-order valence-corrected chi connectivity index (χ2v) is 8.80. The Labute approximate surface area is 172 Å². The second kappa shape index (κ2) is 9.52. The Balaban J connectivity index is 0.00000280. The molecule has 1 saturated heterocycles. The Morgan fingerprint density at radius 2 is 1.64 bits per heavy atom. The maximum absolute atomic E-state index is 12.5. The van der Waals surface area contributed by atoms with Crippen LogP contribution in [-0.4, -0.2) is 31.7 Å². The van der Waals surface area contributed by atoms with Gasteiger partial charge in [0.05, 0.1) is 4.90 Å². The summed E-state index contributed by atoms with van der Waals surface area (Å²) in [6.07, 6.45) is 1.81. The van der Waals surface area contributed by atoms with Gasteiger partial charge in [-0.15, -0.1) is 12.4 Å². The minimum atomic E-state index is -3.41. The highest BCUT2D eigenvalue weighted by molar-refractivity contribution is 7.89. The zero-order valence-corrected chi connectivity index (χ0v) is 17.4. The smallest absolute Gasteiger partial charge is 0.243 e. The van der Waals surface area contributed by atoms with Gasteiger partial charge in [0.25, 0.3) is 0 Å². The van der Waals surface area contributed by atoms with E-state index in [0.717, 1.165) is 29.5 Å². The fraction of sp³-hybridized carbons (Fsp3) is 0.350. The van der Waals surface area contributed by atoms with Crippen LogP contribution in [0.4, 0.5) is 0 Å². The van der Waals surface area contributed by atoms with Crippen LogP contribution in [0, 0.1) is 6.92 Å². The van der Waals surface area contributed by atoms with Crippen LogP contribution in [0.3, 0.4) is 0 Å². The van der Waals surface area contributed by atoms with Crippen molar-refractivity contribution in [1.29, 1.82) is 0 Å². The summed E-state index contributed by atoms with van der Waals surface area (Å²) in [7, 11) is -3.41. The highest BCUT2D eigenvalue weighted by Crippen LogP contribution is 2.21. The van der Waals surface area contributed by atoms with Crippen molar-refractivity contribution in [3.05, 3.63) is 65.2 Å². The van der Waals surface area contributed by atoms with Crippen LogP contribution in [0.1, 0.15) is 35.6 Å². The van der Waals surface area contributed by atoms with E-state index in [2.05, 4.69) is 5.32 Å². The Morgan fingerprint density at radius 3 is 2.21 bits per heavy atom. The fourth-order valence-electron chi connectivity index (χ4n) is 3.08. The molecule has 1 fully saturated rings. The number of nitrogens with zero attached hydrogens (tertiary/aromatic N) is 1. The van der Waals surface area contributed by atoms with Crippen LogP contribution in [-0.2, 0) is 21.4 Å². The van der Waals surface area contributed by atoms with Gasteiger partial charge < -0.3 is 11.1 Å². The van der Waals surface area contributed by atoms with Crippen molar-refractivity contribution in [2.75, 3.05) is 13.1 Å². The third-order valence-electron chi connectivity index (χ3n) is 4.81. The van der Waals surface area contributed by atoms with Crippen molar-refractivity contribution < 1.29 is 13.2 Å². The third-order valence-corrected chi connectivity index (χ3v) is 6.72. The summed E-state index contributed by atoms with van der Waals surface area (Å²) in [5.74, 6) is -0.271. The molecule has 0 radical (unpaired) electrons. The van der Waals surface area contributed by atoms with Gasteiger partial charge in [0.2, 0.25) is 15.9 Å². The van der Waals surface area contributed by atoms with Crippen molar-refractivity contribution in [3.8, 4) is 0 Å². The second-order valence-electron chi connectivity index (χ2n) is 6.86. The average molecular weight is 424 g/mol. The van der Waals surface area contributed by atoms with Gasteiger partial charge in [0.1, 0.15) is 6.04 Å². The van der Waals surface area contributed by atoms with Crippen molar-refractivity contribution in [2.24, 2.45) is 5.73 Å². The summed E-state index contributed by atoms with van der Waals surface area (Å²) in [4.78, 5) is 12.6. The van der Waals surface area contributed by atoms with E-state index in [-0.39, 0.29) is 23.2 Å². The summed E-state index contributed by atoms with van der Waals surface area (Å²) in [5.41, 5.74) is 8.69. The summed E-state index contributed by atoms with van der Waals surface area (Å²) in [5, 5.41) is 2.80. The molecule has 0 saturated carbocycles. The molecule has 0 bridgehead atoms. The summed E-state index contributed by atoms with van der Waals surface area (Å²) < 4.78 is 26.6. The first-order valence-corrected chi connectivity index (χ1v) is 10.5. The average Bonchev–Trinajstić information content (AvgIpc) is 3.22. The lowest BCUT2D eigenvalue weighted by Gasteiger charge is -2.16. The monoisotopic (exact) mass is 423 g/mol. The van der Waals surface area contributed by atoms with Crippen molar-refractivity contribution in [1.82, 2.24) is 9.62 Å². The van der Waals surface area contributed by atoms with Crippen LogP contribution >= 0.6 is 12.4 Å². The molecule has 0 aromatic heterocycles. The van der Waals surface area contributed by atoms with Crippen LogP contribution in [0.5, 0.6) is 0 Å². The van der Waals surface area contributed by atoms with Crippen LogP contribution in [0.2, 0.25) is 0 Å². The van der Waals surface area contributed by atoms with Crippen LogP contribution in [0.15, 0.2) is 53.4 Å². The first-order chi connectivity index (χ1) is 12.9. The Morgan fingerprint density at radius 1 is 1.07 bits per heavy atom. The summed E-state index contributed by atoms with van der Waals surface area (Å²) >= 11 is 0. The van der Waals surface area contributed by atoms with Crippen molar-refractivity contribution >= 4 is 28.3 Å². The zero-order chi connectivity index (χ0) is 19.4. The molecule has 1 unspecified atom stereocenters. The van der Waals surface area contributed by atoms with E-state index < -0.39 is 16.1 Å². The lowest BCUT2D eigenvalue weighted by atomic mass is 10.1. The highest BCUT2D eigenvalue weighted by Gasteiger charge is 2.26. The zero-order valence-electron chi connectivity index (χ0n) is 15.8. The molecule has 1 atom stereocenters. The maximum Gasteiger partial charge on any atom is 0.243 e. The molecular formula is C20H26ClN3O3S. The number of aryl methyl sites for hydroxylation is 1. The molecule has 152 valence electrons. The van der Waals surface area contributed by atoms with Gasteiger partial charge in [-0.3, -0.25) is 4.79 Å².